The maximum Gasteiger partial charge on any atom is 0.310 e. The first kappa shape index (κ1) is 20.1. The van der Waals surface area contributed by atoms with Crippen molar-refractivity contribution in [2.24, 2.45) is 5.92 Å². The van der Waals surface area contributed by atoms with Crippen molar-refractivity contribution in [1.82, 2.24) is 9.80 Å². The van der Waals surface area contributed by atoms with Crippen molar-refractivity contribution in [3.63, 3.8) is 0 Å². The van der Waals surface area contributed by atoms with Crippen LogP contribution in [0.1, 0.15) is 34.3 Å². The summed E-state index contributed by atoms with van der Waals surface area (Å²) in [6.07, 6.45) is 0. The Morgan fingerprint density at radius 2 is 1.90 bits per heavy atom. The minimum Gasteiger partial charge on any atom is -0.466 e. The van der Waals surface area contributed by atoms with Crippen molar-refractivity contribution < 1.29 is 14.3 Å². The van der Waals surface area contributed by atoms with Gasteiger partial charge in [-0.25, -0.2) is 0 Å². The molecule has 0 saturated carbocycles. The Kier molecular flexibility index (Phi) is 5.82. The second-order valence-corrected chi connectivity index (χ2v) is 7.80. The van der Waals surface area contributed by atoms with Crippen molar-refractivity contribution in [2.75, 3.05) is 32.8 Å². The number of rotatable bonds is 4. The van der Waals surface area contributed by atoms with E-state index in [2.05, 4.69) is 23.1 Å². The molecule has 0 bridgehead atoms. The zero-order valence-electron chi connectivity index (χ0n) is 17.0. The first-order valence-corrected chi connectivity index (χ1v) is 10.4. The SMILES string of the molecule is CCOC(=O)[C@@H]1CN2CCN(C(=O)c3cccc(C#N)c3)C[C@@H]2[C@H]1c1ccccc1. The van der Waals surface area contributed by atoms with Crippen LogP contribution in [-0.2, 0) is 9.53 Å². The lowest BCUT2D eigenvalue weighted by Crippen LogP contribution is -2.53. The molecule has 2 aromatic carbocycles. The lowest BCUT2D eigenvalue weighted by atomic mass is 9.83. The van der Waals surface area contributed by atoms with Crippen molar-refractivity contribution in [2.45, 2.75) is 18.9 Å². The van der Waals surface area contributed by atoms with Gasteiger partial charge in [-0.1, -0.05) is 36.4 Å². The molecule has 30 heavy (non-hydrogen) atoms. The molecule has 6 heteroatoms. The molecule has 0 aromatic heterocycles. The predicted molar refractivity (Wildman–Crippen MR) is 112 cm³/mol. The molecule has 3 atom stereocenters. The molecule has 6 nitrogen and oxygen atoms in total. The maximum absolute atomic E-state index is 13.1. The van der Waals surface area contributed by atoms with E-state index in [0.717, 1.165) is 5.56 Å². The largest absolute Gasteiger partial charge is 0.466 e. The van der Waals surface area contributed by atoms with Crippen LogP contribution in [0.3, 0.4) is 0 Å². The average molecular weight is 403 g/mol. The van der Waals surface area contributed by atoms with Crippen LogP contribution in [0, 0.1) is 17.2 Å². The average Bonchev–Trinajstić information content (AvgIpc) is 3.18. The summed E-state index contributed by atoms with van der Waals surface area (Å²) in [5.74, 6) is -0.501. The van der Waals surface area contributed by atoms with Gasteiger partial charge in [-0.15, -0.1) is 0 Å². The third-order valence-electron chi connectivity index (χ3n) is 6.11. The Balaban J connectivity index is 1.60. The number of piperazine rings is 1. The molecule has 0 N–H and O–H groups in total. The van der Waals surface area contributed by atoms with Crippen LogP contribution in [0.4, 0.5) is 0 Å². The number of ether oxygens (including phenoxy) is 1. The van der Waals surface area contributed by atoms with Crippen molar-refractivity contribution >= 4 is 11.9 Å². The fourth-order valence-electron chi connectivity index (χ4n) is 4.74. The number of benzene rings is 2. The third-order valence-corrected chi connectivity index (χ3v) is 6.11. The van der Waals surface area contributed by atoms with E-state index in [0.29, 0.717) is 43.9 Å². The second kappa shape index (κ2) is 8.68. The highest BCUT2D eigenvalue weighted by molar-refractivity contribution is 5.94. The van der Waals surface area contributed by atoms with E-state index in [1.165, 1.54) is 0 Å². The van der Waals surface area contributed by atoms with Crippen molar-refractivity contribution in [3.05, 3.63) is 71.3 Å². The number of fused-ring (bicyclic) bond motifs is 1. The Bertz CT molecular complexity index is 969. The number of amides is 1. The van der Waals surface area contributed by atoms with Gasteiger partial charge in [0.1, 0.15) is 0 Å². The zero-order chi connectivity index (χ0) is 21.1. The Morgan fingerprint density at radius 1 is 1.10 bits per heavy atom. The Labute approximate surface area is 176 Å². The predicted octanol–water partition coefficient (Wildman–Crippen LogP) is 2.66. The highest BCUT2D eigenvalue weighted by Crippen LogP contribution is 2.40. The van der Waals surface area contributed by atoms with Gasteiger partial charge in [0, 0.05) is 43.7 Å². The van der Waals surface area contributed by atoms with E-state index in [4.69, 9.17) is 10.00 Å². The van der Waals surface area contributed by atoms with Gasteiger partial charge in [0.15, 0.2) is 0 Å². The molecule has 0 unspecified atom stereocenters. The molecule has 2 aliphatic heterocycles. The minimum atomic E-state index is -0.241. The number of nitrogens with zero attached hydrogens (tertiary/aromatic N) is 3. The summed E-state index contributed by atoms with van der Waals surface area (Å²) < 4.78 is 5.38. The van der Waals surface area contributed by atoms with Crippen LogP contribution in [0.2, 0.25) is 0 Å². The number of esters is 1. The maximum atomic E-state index is 13.1. The summed E-state index contributed by atoms with van der Waals surface area (Å²) in [4.78, 5) is 30.0. The van der Waals surface area contributed by atoms with Gasteiger partial charge in [0.25, 0.3) is 5.91 Å². The molecule has 2 heterocycles. The molecular weight excluding hydrogens is 378 g/mol. The quantitative estimate of drug-likeness (QED) is 0.734. The van der Waals surface area contributed by atoms with E-state index in [-0.39, 0.29) is 29.8 Å². The first-order valence-electron chi connectivity index (χ1n) is 10.4. The fourth-order valence-corrected chi connectivity index (χ4v) is 4.74. The zero-order valence-corrected chi connectivity index (χ0v) is 17.0. The number of carbonyl (C=O) groups is 2. The van der Waals surface area contributed by atoms with Crippen molar-refractivity contribution in [1.29, 1.82) is 5.26 Å². The molecule has 2 fully saturated rings. The van der Waals surface area contributed by atoms with Crippen LogP contribution in [0.15, 0.2) is 54.6 Å². The number of nitriles is 1. The van der Waals surface area contributed by atoms with Gasteiger partial charge in [-0.3, -0.25) is 14.5 Å². The molecule has 2 saturated heterocycles. The van der Waals surface area contributed by atoms with E-state index in [1.54, 1.807) is 24.3 Å². The van der Waals surface area contributed by atoms with E-state index >= 15 is 0 Å². The number of hydrogen-bond acceptors (Lipinski definition) is 5. The van der Waals surface area contributed by atoms with Gasteiger partial charge < -0.3 is 9.64 Å². The molecule has 154 valence electrons. The highest BCUT2D eigenvalue weighted by atomic mass is 16.5. The molecule has 0 spiro atoms. The van der Waals surface area contributed by atoms with Crippen LogP contribution in [0.5, 0.6) is 0 Å². The lowest BCUT2D eigenvalue weighted by Gasteiger charge is -2.39. The van der Waals surface area contributed by atoms with Crippen LogP contribution in [-0.4, -0.2) is 60.5 Å². The molecule has 4 rings (SSSR count). The molecular formula is C24H25N3O3. The van der Waals surface area contributed by atoms with Crippen LogP contribution < -0.4 is 0 Å². The first-order chi connectivity index (χ1) is 14.6. The topological polar surface area (TPSA) is 73.6 Å². The molecule has 1 amide bonds. The highest BCUT2D eigenvalue weighted by Gasteiger charge is 2.49. The Morgan fingerprint density at radius 3 is 2.63 bits per heavy atom. The molecule has 0 aliphatic carbocycles. The summed E-state index contributed by atoms with van der Waals surface area (Å²) in [7, 11) is 0. The number of carbonyl (C=O) groups excluding carboxylic acids is 2. The molecule has 2 aromatic rings. The summed E-state index contributed by atoms with van der Waals surface area (Å²) in [6, 6.07) is 19.0. The Hall–Kier alpha value is -3.17. The monoisotopic (exact) mass is 403 g/mol. The van der Waals surface area contributed by atoms with Crippen molar-refractivity contribution in [3.8, 4) is 6.07 Å². The fraction of sp³-hybridized carbons (Fsp3) is 0.375. The summed E-state index contributed by atoms with van der Waals surface area (Å²) in [6.45, 7) is 4.70. The van der Waals surface area contributed by atoms with E-state index in [1.807, 2.05) is 30.0 Å². The van der Waals surface area contributed by atoms with Gasteiger partial charge in [0.05, 0.1) is 24.2 Å². The minimum absolute atomic E-state index is 0.0220. The van der Waals surface area contributed by atoms with Gasteiger partial charge in [-0.2, -0.15) is 5.26 Å². The van der Waals surface area contributed by atoms with Crippen LogP contribution >= 0.6 is 0 Å². The van der Waals surface area contributed by atoms with Gasteiger partial charge in [-0.05, 0) is 30.7 Å². The standard InChI is InChI=1S/C24H25N3O3/c1-2-30-24(29)20-15-26-11-12-27(23(28)19-10-6-7-17(13-19)14-25)16-21(26)22(20)18-8-4-3-5-9-18/h3-10,13,20-22H,2,11-12,15-16H2,1H3/t20-,21-,22+/m1/s1. The molecule has 0 radical (unpaired) electrons. The second-order valence-electron chi connectivity index (χ2n) is 7.80. The smallest absolute Gasteiger partial charge is 0.310 e. The third kappa shape index (κ3) is 3.81. The van der Waals surface area contributed by atoms with E-state index in [9.17, 15) is 9.59 Å². The van der Waals surface area contributed by atoms with Crippen LogP contribution in [0.25, 0.3) is 0 Å². The van der Waals surface area contributed by atoms with E-state index < -0.39 is 0 Å². The van der Waals surface area contributed by atoms with Gasteiger partial charge >= 0.3 is 5.97 Å². The summed E-state index contributed by atoms with van der Waals surface area (Å²) in [5, 5.41) is 9.14. The molecule has 2 aliphatic rings. The summed E-state index contributed by atoms with van der Waals surface area (Å²) >= 11 is 0. The lowest BCUT2D eigenvalue weighted by molar-refractivity contribution is -0.148. The normalized spacial score (nSPS) is 23.5. The summed E-state index contributed by atoms with van der Waals surface area (Å²) in [5.41, 5.74) is 2.10. The van der Waals surface area contributed by atoms with Gasteiger partial charge in [0.2, 0.25) is 0 Å². The number of hydrogen-bond donors (Lipinski definition) is 0.